The monoisotopic (exact) mass is 766 g/mol. The quantitative estimate of drug-likeness (QED) is 0.102. The highest BCUT2D eigenvalue weighted by molar-refractivity contribution is 6.20. The normalized spacial score (nSPS) is 13.5. The number of alkyl carbamates (subject to hydrolysis) is 1. The van der Waals surface area contributed by atoms with Crippen molar-refractivity contribution in [1.82, 2.24) is 15.1 Å². The molecule has 1 N–H and O–H groups in total. The summed E-state index contributed by atoms with van der Waals surface area (Å²) >= 11 is 0. The molecule has 0 spiro atoms. The van der Waals surface area contributed by atoms with E-state index in [2.05, 4.69) is 5.32 Å². The number of ether oxygens (including phenoxy) is 3. The van der Waals surface area contributed by atoms with Gasteiger partial charge in [0.25, 0.3) is 11.8 Å². The lowest BCUT2D eigenvalue weighted by Gasteiger charge is -2.26. The lowest BCUT2D eigenvalue weighted by atomic mass is 10.1. The molecule has 0 fully saturated rings. The molecule has 1 unspecified atom stereocenters. The van der Waals surface area contributed by atoms with Gasteiger partial charge in [-0.15, -0.1) is 9.75 Å². The van der Waals surface area contributed by atoms with Gasteiger partial charge in [0, 0.05) is 18.2 Å². The van der Waals surface area contributed by atoms with E-state index in [9.17, 15) is 19.2 Å². The van der Waals surface area contributed by atoms with Crippen LogP contribution in [0.2, 0.25) is 0 Å². The van der Waals surface area contributed by atoms with Crippen molar-refractivity contribution >= 4 is 23.9 Å². The molecule has 0 radical (unpaired) electrons. The molecule has 1 aliphatic rings. The smallest absolute Gasteiger partial charge is 0.407 e. The molecule has 2 aromatic carbocycles. The van der Waals surface area contributed by atoms with Gasteiger partial charge in [-0.1, -0.05) is 12.1 Å². The van der Waals surface area contributed by atoms with Crippen LogP contribution in [0.1, 0.15) is 68.7 Å². The van der Waals surface area contributed by atoms with Crippen LogP contribution in [-0.2, 0) is 32.7 Å². The maximum absolute atomic E-state index is 15.3. The number of carbonyl (C=O) groups excluding carboxylic acids is 4. The van der Waals surface area contributed by atoms with E-state index in [1.807, 2.05) is 16.4 Å². The lowest BCUT2D eigenvalue weighted by Crippen LogP contribution is -3.00. The summed E-state index contributed by atoms with van der Waals surface area (Å²) in [7, 11) is 1.82. The number of hydroxylamine groups is 2. The highest BCUT2D eigenvalue weighted by Crippen LogP contribution is 2.27. The van der Waals surface area contributed by atoms with Crippen molar-refractivity contribution in [3.8, 4) is 16.9 Å². The third-order valence-corrected chi connectivity index (χ3v) is 6.56. The minimum absolute atomic E-state index is 0. The first kappa shape index (κ1) is 37.4. The predicted octanol–water partition coefficient (Wildman–Crippen LogP) is 1.35. The summed E-state index contributed by atoms with van der Waals surface area (Å²) in [5.74, 6) is -2.78. The molecule has 3 amide bonds. The molecule has 0 saturated heterocycles. The highest BCUT2D eigenvalue weighted by Gasteiger charge is 2.40. The Morgan fingerprint density at radius 3 is 2.13 bits per heavy atom. The van der Waals surface area contributed by atoms with Crippen LogP contribution >= 0.6 is 0 Å². The molecule has 1 aromatic heterocycles. The van der Waals surface area contributed by atoms with Crippen LogP contribution in [0.25, 0.3) is 11.1 Å². The van der Waals surface area contributed by atoms with E-state index in [0.29, 0.717) is 35.7 Å². The van der Waals surface area contributed by atoms with E-state index in [1.54, 1.807) is 72.1 Å². The topological polar surface area (TPSA) is 129 Å². The second-order valence-electron chi connectivity index (χ2n) is 12.8. The number of nitrogens with one attached hydrogen (secondary N) is 1. The number of aromatic nitrogens is 2. The number of esters is 1. The summed E-state index contributed by atoms with van der Waals surface area (Å²) in [6.07, 6.45) is 2.19. The summed E-state index contributed by atoms with van der Waals surface area (Å²) < 4.78 is 35.4. The van der Waals surface area contributed by atoms with Crippen molar-refractivity contribution in [3.05, 3.63) is 71.8 Å². The maximum atomic E-state index is 15.3. The van der Waals surface area contributed by atoms with E-state index in [-0.39, 0.29) is 40.9 Å². The first-order valence-corrected chi connectivity index (χ1v) is 14.9. The number of carbonyl (C=O) groups is 4. The van der Waals surface area contributed by atoms with Crippen molar-refractivity contribution in [1.29, 1.82) is 0 Å². The van der Waals surface area contributed by atoms with Crippen LogP contribution < -0.4 is 38.7 Å². The van der Waals surface area contributed by atoms with Gasteiger partial charge in [0.2, 0.25) is 12.3 Å². The molecule has 1 atom stereocenters. The van der Waals surface area contributed by atoms with Gasteiger partial charge in [-0.25, -0.2) is 18.8 Å². The lowest BCUT2D eigenvalue weighted by molar-refractivity contribution is -0.753. The third-order valence-electron chi connectivity index (χ3n) is 6.56. The van der Waals surface area contributed by atoms with Gasteiger partial charge in [0.15, 0.2) is 7.05 Å². The fraction of sp³-hybridized carbons (Fsp3) is 0.424. The molecule has 3 aromatic rings. The summed E-state index contributed by atoms with van der Waals surface area (Å²) in [4.78, 5) is 56.1. The molecule has 14 heteroatoms. The van der Waals surface area contributed by atoms with Gasteiger partial charge in [0.05, 0.1) is 29.4 Å². The van der Waals surface area contributed by atoms with E-state index in [1.165, 1.54) is 24.3 Å². The van der Waals surface area contributed by atoms with Crippen LogP contribution in [0, 0.1) is 5.82 Å². The van der Waals surface area contributed by atoms with Crippen LogP contribution in [0.5, 0.6) is 5.75 Å². The summed E-state index contributed by atoms with van der Waals surface area (Å²) in [6, 6.07) is 10.5. The molecule has 4 rings (SSSR count). The fourth-order valence-corrected chi connectivity index (χ4v) is 4.56. The molecule has 0 bridgehead atoms. The summed E-state index contributed by atoms with van der Waals surface area (Å²) in [5.41, 5.74) is -0.240. The first-order chi connectivity index (χ1) is 21.5. The zero-order valence-corrected chi connectivity index (χ0v) is 29.6. The predicted molar refractivity (Wildman–Crippen MR) is 163 cm³/mol. The number of rotatable bonds is 11. The molecular formula is C33H40FIN4O8. The van der Waals surface area contributed by atoms with Crippen LogP contribution in [0.4, 0.5) is 9.18 Å². The van der Waals surface area contributed by atoms with Crippen molar-refractivity contribution in [2.45, 2.75) is 71.8 Å². The number of fused-ring (bicyclic) bond motifs is 1. The van der Waals surface area contributed by atoms with Gasteiger partial charge in [-0.3, -0.25) is 9.59 Å². The van der Waals surface area contributed by atoms with E-state index < -0.39 is 53.6 Å². The molecular weight excluding hydrogens is 726 g/mol. The van der Waals surface area contributed by atoms with Crippen LogP contribution in [0.3, 0.4) is 0 Å². The minimum atomic E-state index is -1.51. The highest BCUT2D eigenvalue weighted by atomic mass is 127. The van der Waals surface area contributed by atoms with Gasteiger partial charge in [0.1, 0.15) is 29.4 Å². The zero-order chi connectivity index (χ0) is 33.8. The molecule has 0 saturated carbocycles. The van der Waals surface area contributed by atoms with Gasteiger partial charge in [-0.05, 0) is 72.2 Å². The Labute approximate surface area is 290 Å². The number of aryl methyl sites for hydroxylation is 2. The Bertz CT molecular complexity index is 1590. The number of benzene rings is 2. The Morgan fingerprint density at radius 1 is 0.936 bits per heavy atom. The molecule has 1 aliphatic heterocycles. The molecule has 0 aliphatic carbocycles. The number of hydrogen-bond acceptors (Lipinski definition) is 8. The number of hydrogen-bond donors (Lipinski definition) is 1. The number of amides is 3. The van der Waals surface area contributed by atoms with Crippen molar-refractivity contribution in [2.24, 2.45) is 7.05 Å². The summed E-state index contributed by atoms with van der Waals surface area (Å²) in [6.45, 7) is 10.9. The first-order valence-electron chi connectivity index (χ1n) is 14.9. The van der Waals surface area contributed by atoms with Gasteiger partial charge < -0.3 is 43.5 Å². The SMILES string of the molecule is C[n+]1cc(-c2ccc(OCC(ON3C(=O)c4ccccc4C3=O)C(=O)OC(C)(C)C)cc2F)cn1CCCNC(=O)OC(C)(C)C.[I-]. The molecule has 254 valence electrons. The second-order valence-corrected chi connectivity index (χ2v) is 12.8. The van der Waals surface area contributed by atoms with Crippen LogP contribution in [-0.4, -0.2) is 64.1 Å². The Morgan fingerprint density at radius 2 is 1.55 bits per heavy atom. The number of nitrogens with zero attached hydrogens (tertiary/aromatic N) is 3. The van der Waals surface area contributed by atoms with Crippen LogP contribution in [0.15, 0.2) is 54.9 Å². The van der Waals surface area contributed by atoms with Crippen molar-refractivity contribution in [2.75, 3.05) is 13.2 Å². The Hall–Kier alpha value is -4.05. The number of halogens is 2. The second kappa shape index (κ2) is 15.2. The van der Waals surface area contributed by atoms with E-state index >= 15 is 4.39 Å². The maximum Gasteiger partial charge on any atom is 0.407 e. The molecule has 47 heavy (non-hydrogen) atoms. The van der Waals surface area contributed by atoms with Crippen molar-refractivity contribution in [3.63, 3.8) is 0 Å². The molecule has 2 heterocycles. The molecule has 12 nitrogen and oxygen atoms in total. The number of imide groups is 1. The Kier molecular flexibility index (Phi) is 12.1. The standard InChI is InChI=1S/C33H39FN4O8.HI/c1-32(2,3)44-30(41)27(46-38-28(39)24-11-8-9-12-25(24)29(38)40)20-43-22-13-14-23(26(34)17-22)21-18-36(7)37(19-21)16-10-15-35-31(42)45-33(4,5)6;/h8-9,11-14,17-19,27H,10,15-16,20H2,1-7H3;1H. The third kappa shape index (κ3) is 9.97. The van der Waals surface area contributed by atoms with Gasteiger partial charge >= 0.3 is 12.1 Å². The van der Waals surface area contributed by atoms with E-state index in [0.717, 1.165) is 0 Å². The van der Waals surface area contributed by atoms with Gasteiger partial charge in [-0.2, -0.15) is 4.68 Å². The summed E-state index contributed by atoms with van der Waals surface area (Å²) in [5, 5.41) is 3.24. The Balaban J connectivity index is 0.00000600. The van der Waals surface area contributed by atoms with E-state index in [4.69, 9.17) is 19.0 Å². The average molecular weight is 767 g/mol. The average Bonchev–Trinajstić information content (AvgIpc) is 3.43. The fourth-order valence-electron chi connectivity index (χ4n) is 4.56. The minimum Gasteiger partial charge on any atom is -1.00 e. The zero-order valence-electron chi connectivity index (χ0n) is 27.5. The largest absolute Gasteiger partial charge is 1.00 e. The van der Waals surface area contributed by atoms with Crippen molar-refractivity contribution < 1.29 is 71.3 Å².